The maximum atomic E-state index is 14.4. The highest BCUT2D eigenvalue weighted by Crippen LogP contribution is 2.29. The van der Waals surface area contributed by atoms with Crippen molar-refractivity contribution < 1.29 is 14.0 Å². The summed E-state index contributed by atoms with van der Waals surface area (Å²) >= 11 is 3.25. The van der Waals surface area contributed by atoms with E-state index in [0.717, 1.165) is 12.1 Å². The van der Waals surface area contributed by atoms with E-state index in [2.05, 4.69) is 20.9 Å². The first kappa shape index (κ1) is 19.2. The molecule has 0 aliphatic rings. The molecule has 3 rings (SSSR count). The van der Waals surface area contributed by atoms with Crippen molar-refractivity contribution in [2.45, 2.75) is 33.2 Å². The summed E-state index contributed by atoms with van der Waals surface area (Å²) in [4.78, 5) is 28.3. The highest BCUT2D eigenvalue weighted by molar-refractivity contribution is 9.10. The molecular formula is C20H19BrFN3O2. The second kappa shape index (κ2) is 7.60. The van der Waals surface area contributed by atoms with Crippen LogP contribution in [0.3, 0.4) is 0 Å². The Kier molecular flexibility index (Phi) is 5.41. The van der Waals surface area contributed by atoms with Crippen molar-refractivity contribution in [1.82, 2.24) is 9.55 Å². The summed E-state index contributed by atoms with van der Waals surface area (Å²) in [6.07, 6.45) is 1.44. The van der Waals surface area contributed by atoms with E-state index in [1.807, 2.05) is 11.5 Å². The lowest BCUT2D eigenvalue weighted by Gasteiger charge is -2.12. The number of Topliss-reactive ketones (excluding diaryl/α,β-unsaturated/α-hetero) is 1. The van der Waals surface area contributed by atoms with E-state index in [1.165, 1.54) is 19.1 Å². The second-order valence-electron chi connectivity index (χ2n) is 6.38. The van der Waals surface area contributed by atoms with Gasteiger partial charge in [-0.2, -0.15) is 0 Å². The third-order valence-corrected chi connectivity index (χ3v) is 4.94. The van der Waals surface area contributed by atoms with Gasteiger partial charge in [0.2, 0.25) is 0 Å². The molecule has 0 saturated heterocycles. The van der Waals surface area contributed by atoms with Crippen LogP contribution in [0.1, 0.15) is 52.4 Å². The topological polar surface area (TPSA) is 78.0 Å². The van der Waals surface area contributed by atoms with Crippen LogP contribution in [-0.4, -0.2) is 21.2 Å². The Bertz CT molecular complexity index is 1060. The van der Waals surface area contributed by atoms with Crippen LogP contribution in [0.2, 0.25) is 0 Å². The summed E-state index contributed by atoms with van der Waals surface area (Å²) in [5.74, 6) is -1.10. The molecule has 0 saturated carbocycles. The summed E-state index contributed by atoms with van der Waals surface area (Å²) in [5.41, 5.74) is 7.75. The van der Waals surface area contributed by atoms with Gasteiger partial charge < -0.3 is 10.3 Å². The maximum Gasteiger partial charge on any atom is 0.267 e. The van der Waals surface area contributed by atoms with E-state index in [-0.39, 0.29) is 23.8 Å². The molecule has 0 bridgehead atoms. The molecule has 0 radical (unpaired) electrons. The summed E-state index contributed by atoms with van der Waals surface area (Å²) in [6, 6.07) is 8.04. The number of nitrogens with two attached hydrogens (primary N) is 1. The van der Waals surface area contributed by atoms with Crippen molar-refractivity contribution in [3.63, 3.8) is 0 Å². The fourth-order valence-corrected chi connectivity index (χ4v) is 3.62. The van der Waals surface area contributed by atoms with Gasteiger partial charge >= 0.3 is 0 Å². The number of hydrogen-bond donors (Lipinski definition) is 1. The minimum atomic E-state index is -0.652. The average molecular weight is 432 g/mol. The molecule has 0 atom stereocenters. The normalized spacial score (nSPS) is 11.1. The third kappa shape index (κ3) is 3.64. The SMILES string of the molecule is CCCc1c(C(C)=O)c2ccc(C(N)=O)nc2n1Cc1ccc(Br)cc1F. The van der Waals surface area contributed by atoms with E-state index in [0.29, 0.717) is 33.1 Å². The highest BCUT2D eigenvalue weighted by atomic mass is 79.9. The lowest BCUT2D eigenvalue weighted by atomic mass is 10.1. The molecule has 7 heteroatoms. The van der Waals surface area contributed by atoms with Crippen molar-refractivity contribution in [2.75, 3.05) is 0 Å². The number of pyridine rings is 1. The quantitative estimate of drug-likeness (QED) is 0.592. The van der Waals surface area contributed by atoms with Crippen LogP contribution < -0.4 is 5.73 Å². The molecule has 0 aliphatic heterocycles. The number of benzene rings is 1. The molecule has 0 unspecified atom stereocenters. The first-order chi connectivity index (χ1) is 12.8. The predicted molar refractivity (Wildman–Crippen MR) is 105 cm³/mol. The van der Waals surface area contributed by atoms with Crippen LogP contribution in [-0.2, 0) is 13.0 Å². The lowest BCUT2D eigenvalue weighted by molar-refractivity contribution is 0.0993. The molecule has 0 aliphatic carbocycles. The number of aromatic nitrogens is 2. The van der Waals surface area contributed by atoms with E-state index in [4.69, 9.17) is 5.73 Å². The lowest BCUT2D eigenvalue weighted by Crippen LogP contribution is -2.14. The Balaban J connectivity index is 2.29. The van der Waals surface area contributed by atoms with E-state index >= 15 is 0 Å². The molecule has 5 nitrogen and oxygen atoms in total. The fourth-order valence-electron chi connectivity index (χ4n) is 3.28. The van der Waals surface area contributed by atoms with Gasteiger partial charge in [-0.25, -0.2) is 9.37 Å². The Hall–Kier alpha value is -2.54. The van der Waals surface area contributed by atoms with Crippen LogP contribution in [0.15, 0.2) is 34.8 Å². The zero-order chi connectivity index (χ0) is 19.7. The number of nitrogens with zero attached hydrogens (tertiary/aromatic N) is 2. The maximum absolute atomic E-state index is 14.4. The number of hydrogen-bond acceptors (Lipinski definition) is 3. The van der Waals surface area contributed by atoms with Crippen LogP contribution in [0.4, 0.5) is 4.39 Å². The summed E-state index contributed by atoms with van der Waals surface area (Å²) in [6.45, 7) is 3.71. The molecule has 2 aromatic heterocycles. The van der Waals surface area contributed by atoms with Crippen LogP contribution in [0, 0.1) is 5.82 Å². The highest BCUT2D eigenvalue weighted by Gasteiger charge is 2.22. The first-order valence-corrected chi connectivity index (χ1v) is 9.39. The van der Waals surface area contributed by atoms with Crippen LogP contribution in [0.25, 0.3) is 11.0 Å². The smallest absolute Gasteiger partial charge is 0.267 e. The van der Waals surface area contributed by atoms with Gasteiger partial charge in [-0.15, -0.1) is 0 Å². The molecule has 27 heavy (non-hydrogen) atoms. The Labute approximate surface area is 164 Å². The predicted octanol–water partition coefficient (Wildman–Crippen LogP) is 4.24. The fraction of sp³-hybridized carbons (Fsp3) is 0.250. The molecular weight excluding hydrogens is 413 g/mol. The minimum Gasteiger partial charge on any atom is -0.364 e. The van der Waals surface area contributed by atoms with Crippen molar-refractivity contribution in [3.8, 4) is 0 Å². The van der Waals surface area contributed by atoms with Crippen LogP contribution >= 0.6 is 15.9 Å². The summed E-state index contributed by atoms with van der Waals surface area (Å²) in [7, 11) is 0. The largest absolute Gasteiger partial charge is 0.364 e. The number of primary amides is 1. The van der Waals surface area contributed by atoms with Crippen molar-refractivity contribution in [1.29, 1.82) is 0 Å². The molecule has 0 fully saturated rings. The minimum absolute atomic E-state index is 0.0906. The standard InChI is InChI=1S/C20H19BrFN3O2/c1-3-4-17-18(11(2)26)14-7-8-16(19(23)27)24-20(14)25(17)10-12-5-6-13(21)9-15(12)22/h5-9H,3-4,10H2,1-2H3,(H2,23,27). The number of amides is 1. The molecule has 1 amide bonds. The monoisotopic (exact) mass is 431 g/mol. The Morgan fingerprint density at radius 3 is 2.59 bits per heavy atom. The molecule has 2 heterocycles. The van der Waals surface area contributed by atoms with E-state index in [1.54, 1.807) is 18.2 Å². The van der Waals surface area contributed by atoms with Crippen molar-refractivity contribution in [2.24, 2.45) is 5.73 Å². The van der Waals surface area contributed by atoms with Crippen molar-refractivity contribution in [3.05, 3.63) is 63.1 Å². The van der Waals surface area contributed by atoms with Gasteiger partial charge in [-0.1, -0.05) is 35.3 Å². The van der Waals surface area contributed by atoms with Crippen LogP contribution in [0.5, 0.6) is 0 Å². The van der Waals surface area contributed by atoms with Crippen molar-refractivity contribution >= 4 is 38.7 Å². The number of ketones is 1. The van der Waals surface area contributed by atoms with Gasteiger partial charge in [0.25, 0.3) is 5.91 Å². The molecule has 0 spiro atoms. The summed E-state index contributed by atoms with van der Waals surface area (Å²) < 4.78 is 16.9. The van der Waals surface area contributed by atoms with Gasteiger partial charge in [0, 0.05) is 26.7 Å². The number of fused-ring (bicyclic) bond motifs is 1. The van der Waals surface area contributed by atoms with Gasteiger partial charge in [0.15, 0.2) is 5.78 Å². The zero-order valence-electron chi connectivity index (χ0n) is 15.1. The summed E-state index contributed by atoms with van der Waals surface area (Å²) in [5, 5.41) is 0.647. The van der Waals surface area contributed by atoms with Gasteiger partial charge in [-0.05, 0) is 37.6 Å². The Morgan fingerprint density at radius 2 is 2.00 bits per heavy atom. The molecule has 140 valence electrons. The zero-order valence-corrected chi connectivity index (χ0v) is 16.6. The van der Waals surface area contributed by atoms with Gasteiger partial charge in [0.05, 0.1) is 6.54 Å². The third-order valence-electron chi connectivity index (χ3n) is 4.45. The molecule has 3 aromatic rings. The number of carbonyl (C=O) groups is 2. The molecule has 2 N–H and O–H groups in total. The van der Waals surface area contributed by atoms with E-state index in [9.17, 15) is 14.0 Å². The number of rotatable bonds is 6. The molecule has 1 aromatic carbocycles. The average Bonchev–Trinajstić information content (AvgIpc) is 2.90. The first-order valence-electron chi connectivity index (χ1n) is 8.60. The van der Waals surface area contributed by atoms with Gasteiger partial charge in [0.1, 0.15) is 17.2 Å². The Morgan fingerprint density at radius 1 is 1.26 bits per heavy atom. The second-order valence-corrected chi connectivity index (χ2v) is 7.30. The van der Waals surface area contributed by atoms with E-state index < -0.39 is 5.91 Å². The van der Waals surface area contributed by atoms with Gasteiger partial charge in [-0.3, -0.25) is 9.59 Å². The number of carbonyl (C=O) groups excluding carboxylic acids is 2. The number of halogens is 2.